The smallest absolute Gasteiger partial charge is 0.146 e. The van der Waals surface area contributed by atoms with Gasteiger partial charge in [-0.25, -0.2) is 0 Å². The Morgan fingerprint density at radius 3 is 2.60 bits per heavy atom. The van der Waals surface area contributed by atoms with E-state index in [4.69, 9.17) is 4.74 Å². The first kappa shape index (κ1) is 15.4. The molecule has 2 rings (SSSR count). The van der Waals surface area contributed by atoms with E-state index in [1.807, 2.05) is 18.5 Å². The van der Waals surface area contributed by atoms with Crippen LogP contribution in [0.5, 0.6) is 0 Å². The number of aromatic nitrogens is 3. The maximum absolute atomic E-state index is 9.21. The van der Waals surface area contributed by atoms with Gasteiger partial charge in [0.15, 0.2) is 0 Å². The van der Waals surface area contributed by atoms with Crippen LogP contribution in [0.25, 0.3) is 0 Å². The number of rotatable bonds is 7. The Balaban J connectivity index is 1.84. The fraction of sp³-hybridized carbons (Fsp3) is 0.846. The van der Waals surface area contributed by atoms with Crippen molar-refractivity contribution in [3.8, 4) is 0 Å². The summed E-state index contributed by atoms with van der Waals surface area (Å²) < 4.78 is 7.35. The van der Waals surface area contributed by atoms with Crippen LogP contribution in [-0.2, 0) is 18.3 Å². The minimum Gasteiger partial charge on any atom is -0.395 e. The topological polar surface area (TPSA) is 66.7 Å². The molecule has 1 saturated heterocycles. The van der Waals surface area contributed by atoms with Crippen molar-refractivity contribution >= 4 is 0 Å². The van der Waals surface area contributed by atoms with Crippen molar-refractivity contribution < 1.29 is 9.84 Å². The molecule has 1 aromatic rings. The highest BCUT2D eigenvalue weighted by molar-refractivity contribution is 4.92. The quantitative estimate of drug-likeness (QED) is 0.710. The molecule has 0 spiro atoms. The van der Waals surface area contributed by atoms with Crippen LogP contribution < -0.4 is 0 Å². The van der Waals surface area contributed by atoms with Gasteiger partial charge in [-0.3, -0.25) is 9.80 Å². The lowest BCUT2D eigenvalue weighted by molar-refractivity contribution is 0.0318. The molecule has 2 heterocycles. The Morgan fingerprint density at radius 1 is 1.25 bits per heavy atom. The Hall–Kier alpha value is -1.02. The fourth-order valence-electron chi connectivity index (χ4n) is 2.31. The summed E-state index contributed by atoms with van der Waals surface area (Å²) in [6.07, 6.45) is 0. The highest BCUT2D eigenvalue weighted by atomic mass is 16.5. The zero-order valence-corrected chi connectivity index (χ0v) is 12.5. The maximum Gasteiger partial charge on any atom is 0.146 e. The standard InChI is InChI=1S/C13H25N5O2/c1-12-14-15-13(16(12)2)11-18(5-8-19)4-3-17-6-9-20-10-7-17/h19H,3-11H2,1-2H3. The SMILES string of the molecule is Cc1nnc(CN(CCO)CCN2CCOCC2)n1C. The van der Waals surface area contributed by atoms with Crippen molar-refractivity contribution in [1.82, 2.24) is 24.6 Å². The molecule has 1 aliphatic rings. The van der Waals surface area contributed by atoms with Gasteiger partial charge < -0.3 is 14.4 Å². The van der Waals surface area contributed by atoms with Crippen molar-refractivity contribution in [1.29, 1.82) is 0 Å². The molecule has 0 unspecified atom stereocenters. The van der Waals surface area contributed by atoms with Gasteiger partial charge in [0.1, 0.15) is 11.6 Å². The zero-order valence-electron chi connectivity index (χ0n) is 12.5. The molecule has 0 aromatic carbocycles. The van der Waals surface area contributed by atoms with E-state index in [1.165, 1.54) is 0 Å². The van der Waals surface area contributed by atoms with Crippen LogP contribution in [0.3, 0.4) is 0 Å². The van der Waals surface area contributed by atoms with Crippen LogP contribution in [0.15, 0.2) is 0 Å². The summed E-state index contributed by atoms with van der Waals surface area (Å²) in [4.78, 5) is 4.62. The number of hydrogen-bond donors (Lipinski definition) is 1. The maximum atomic E-state index is 9.21. The van der Waals surface area contributed by atoms with Crippen LogP contribution in [-0.4, -0.2) is 82.2 Å². The summed E-state index contributed by atoms with van der Waals surface area (Å²) >= 11 is 0. The number of ether oxygens (including phenoxy) is 1. The molecule has 20 heavy (non-hydrogen) atoms. The van der Waals surface area contributed by atoms with Crippen molar-refractivity contribution in [2.24, 2.45) is 7.05 Å². The number of hydrogen-bond acceptors (Lipinski definition) is 6. The third-order valence-electron chi connectivity index (χ3n) is 3.80. The molecule has 7 nitrogen and oxygen atoms in total. The van der Waals surface area contributed by atoms with E-state index >= 15 is 0 Å². The lowest BCUT2D eigenvalue weighted by atomic mass is 10.3. The number of morpholine rings is 1. The van der Waals surface area contributed by atoms with Gasteiger partial charge >= 0.3 is 0 Å². The van der Waals surface area contributed by atoms with Crippen LogP contribution >= 0.6 is 0 Å². The van der Waals surface area contributed by atoms with E-state index in [-0.39, 0.29) is 6.61 Å². The van der Waals surface area contributed by atoms with Crippen LogP contribution in [0.1, 0.15) is 11.6 Å². The number of nitrogens with zero attached hydrogens (tertiary/aromatic N) is 5. The van der Waals surface area contributed by atoms with Gasteiger partial charge in [-0.15, -0.1) is 10.2 Å². The van der Waals surface area contributed by atoms with E-state index in [1.54, 1.807) is 0 Å². The lowest BCUT2D eigenvalue weighted by Crippen LogP contribution is -2.42. The monoisotopic (exact) mass is 283 g/mol. The molecule has 0 saturated carbocycles. The van der Waals surface area contributed by atoms with Gasteiger partial charge in [0.25, 0.3) is 0 Å². The molecular weight excluding hydrogens is 258 g/mol. The van der Waals surface area contributed by atoms with Gasteiger partial charge in [-0.05, 0) is 6.92 Å². The predicted molar refractivity (Wildman–Crippen MR) is 75.4 cm³/mol. The Bertz CT molecular complexity index is 403. The van der Waals surface area contributed by atoms with Crippen LogP contribution in [0.2, 0.25) is 0 Å². The van der Waals surface area contributed by atoms with E-state index in [0.29, 0.717) is 6.54 Å². The molecule has 1 aromatic heterocycles. The average Bonchev–Trinajstić information content (AvgIpc) is 2.78. The predicted octanol–water partition coefficient (Wildman–Crippen LogP) is -0.750. The van der Waals surface area contributed by atoms with Gasteiger partial charge in [0.2, 0.25) is 0 Å². The zero-order chi connectivity index (χ0) is 14.4. The van der Waals surface area contributed by atoms with E-state index in [2.05, 4.69) is 20.0 Å². The number of aliphatic hydroxyl groups is 1. The molecule has 0 amide bonds. The average molecular weight is 283 g/mol. The molecule has 1 N–H and O–H groups in total. The molecule has 114 valence electrons. The van der Waals surface area contributed by atoms with Crippen molar-refractivity contribution in [2.75, 3.05) is 52.5 Å². The summed E-state index contributed by atoms with van der Waals surface area (Å²) in [6.45, 7) is 9.06. The van der Waals surface area contributed by atoms with E-state index in [9.17, 15) is 5.11 Å². The van der Waals surface area contributed by atoms with E-state index in [0.717, 1.165) is 57.6 Å². The molecule has 0 atom stereocenters. The molecule has 1 fully saturated rings. The van der Waals surface area contributed by atoms with Gasteiger partial charge in [0, 0.05) is 39.8 Å². The van der Waals surface area contributed by atoms with Crippen molar-refractivity contribution in [2.45, 2.75) is 13.5 Å². The second-order valence-corrected chi connectivity index (χ2v) is 5.18. The highest BCUT2D eigenvalue weighted by Crippen LogP contribution is 2.04. The molecular formula is C13H25N5O2. The van der Waals surface area contributed by atoms with Crippen LogP contribution in [0.4, 0.5) is 0 Å². The molecule has 1 aliphatic heterocycles. The molecule has 0 aliphatic carbocycles. The third-order valence-corrected chi connectivity index (χ3v) is 3.80. The first-order valence-corrected chi connectivity index (χ1v) is 7.19. The minimum atomic E-state index is 0.167. The molecule has 7 heteroatoms. The summed E-state index contributed by atoms with van der Waals surface area (Å²) in [5.41, 5.74) is 0. The van der Waals surface area contributed by atoms with Crippen LogP contribution in [0, 0.1) is 6.92 Å². The summed E-state index contributed by atoms with van der Waals surface area (Å²) in [5, 5.41) is 17.5. The summed E-state index contributed by atoms with van der Waals surface area (Å²) in [6, 6.07) is 0. The summed E-state index contributed by atoms with van der Waals surface area (Å²) in [7, 11) is 1.98. The van der Waals surface area contributed by atoms with Crippen molar-refractivity contribution in [3.63, 3.8) is 0 Å². The Labute approximate surface area is 120 Å². The summed E-state index contributed by atoms with van der Waals surface area (Å²) in [5.74, 6) is 1.86. The van der Waals surface area contributed by atoms with Gasteiger partial charge in [-0.2, -0.15) is 0 Å². The number of aliphatic hydroxyl groups excluding tert-OH is 1. The van der Waals surface area contributed by atoms with Gasteiger partial charge in [-0.1, -0.05) is 0 Å². The van der Waals surface area contributed by atoms with Crippen molar-refractivity contribution in [3.05, 3.63) is 11.6 Å². The Morgan fingerprint density at radius 2 is 2.00 bits per heavy atom. The highest BCUT2D eigenvalue weighted by Gasteiger charge is 2.14. The third kappa shape index (κ3) is 4.24. The second-order valence-electron chi connectivity index (χ2n) is 5.18. The van der Waals surface area contributed by atoms with E-state index < -0.39 is 0 Å². The number of aryl methyl sites for hydroxylation is 1. The fourth-order valence-corrected chi connectivity index (χ4v) is 2.31. The minimum absolute atomic E-state index is 0.167. The second kappa shape index (κ2) is 7.68. The molecule has 0 radical (unpaired) electrons. The van der Waals surface area contributed by atoms with Gasteiger partial charge in [0.05, 0.1) is 26.4 Å². The normalized spacial score (nSPS) is 17.0. The molecule has 0 bridgehead atoms. The first-order valence-electron chi connectivity index (χ1n) is 7.19. The largest absolute Gasteiger partial charge is 0.395 e. The first-order chi connectivity index (χ1) is 9.70. The lowest BCUT2D eigenvalue weighted by Gasteiger charge is -2.29. The Kier molecular flexibility index (Phi) is 5.90.